The van der Waals surface area contributed by atoms with Crippen molar-refractivity contribution >= 4 is 29.2 Å². The Bertz CT molecular complexity index is 991. The number of hydrogen-bond donors (Lipinski definition) is 2. The van der Waals surface area contributed by atoms with E-state index in [1.165, 1.54) is 0 Å². The first kappa shape index (κ1) is 17.5. The molecule has 0 bridgehead atoms. The van der Waals surface area contributed by atoms with Gasteiger partial charge in [0.1, 0.15) is 17.2 Å². The van der Waals surface area contributed by atoms with E-state index in [1.54, 1.807) is 24.7 Å². The van der Waals surface area contributed by atoms with E-state index >= 15 is 0 Å². The van der Waals surface area contributed by atoms with Gasteiger partial charge >= 0.3 is 6.09 Å². The van der Waals surface area contributed by atoms with Crippen molar-refractivity contribution in [1.82, 2.24) is 24.7 Å². The van der Waals surface area contributed by atoms with Crippen molar-refractivity contribution in [3.63, 3.8) is 0 Å². The summed E-state index contributed by atoms with van der Waals surface area (Å²) in [5.41, 5.74) is 1.51. The van der Waals surface area contributed by atoms with Crippen LogP contribution in [0.3, 0.4) is 0 Å². The van der Waals surface area contributed by atoms with Gasteiger partial charge in [0.25, 0.3) is 0 Å². The fraction of sp³-hybridized carbons (Fsp3) is 0.333. The Morgan fingerprint density at radius 1 is 1.30 bits per heavy atom. The van der Waals surface area contributed by atoms with Crippen molar-refractivity contribution in [2.45, 2.75) is 19.4 Å². The molecule has 9 heteroatoms. The number of halogens is 1. The molecule has 1 amide bonds. The zero-order chi connectivity index (χ0) is 19.0. The van der Waals surface area contributed by atoms with Crippen LogP contribution in [0.5, 0.6) is 0 Å². The second kappa shape index (κ2) is 7.03. The van der Waals surface area contributed by atoms with Crippen molar-refractivity contribution in [1.29, 1.82) is 0 Å². The summed E-state index contributed by atoms with van der Waals surface area (Å²) in [4.78, 5) is 26.6. The average molecular weight is 387 g/mol. The van der Waals surface area contributed by atoms with Crippen LogP contribution in [0, 0.1) is 5.92 Å². The largest absolute Gasteiger partial charge is 0.465 e. The van der Waals surface area contributed by atoms with Crippen LogP contribution in [0.4, 0.5) is 10.6 Å². The molecule has 0 aliphatic carbocycles. The minimum Gasteiger partial charge on any atom is -0.465 e. The van der Waals surface area contributed by atoms with Crippen LogP contribution in [0.2, 0.25) is 5.02 Å². The second-order valence-electron chi connectivity index (χ2n) is 6.85. The average Bonchev–Trinajstić information content (AvgIpc) is 3.04. The molecule has 140 valence electrons. The Kier molecular flexibility index (Phi) is 4.57. The molecule has 1 aliphatic rings. The highest BCUT2D eigenvalue weighted by Gasteiger charge is 2.27. The first-order valence-electron chi connectivity index (χ1n) is 8.70. The highest BCUT2D eigenvalue weighted by molar-refractivity contribution is 6.30. The third-order valence-corrected chi connectivity index (χ3v) is 4.87. The monoisotopic (exact) mass is 386 g/mol. The topological polar surface area (TPSA) is 95.7 Å². The van der Waals surface area contributed by atoms with Crippen molar-refractivity contribution in [2.75, 3.05) is 18.0 Å². The number of nitrogens with one attached hydrogen (secondary N) is 1. The van der Waals surface area contributed by atoms with Gasteiger partial charge in [-0.1, -0.05) is 18.5 Å². The number of carbonyl (C=O) groups is 1. The van der Waals surface area contributed by atoms with Crippen molar-refractivity contribution < 1.29 is 9.90 Å². The van der Waals surface area contributed by atoms with Gasteiger partial charge < -0.3 is 15.3 Å². The third-order valence-electron chi connectivity index (χ3n) is 4.65. The maximum Gasteiger partial charge on any atom is 0.404 e. The zero-order valence-corrected chi connectivity index (χ0v) is 15.5. The molecule has 4 rings (SSSR count). The molecule has 0 unspecified atom stereocenters. The standard InChI is InChI=1S/C18H19ClN6O2/c1-11-6-13(22-18(26)27)10-24(8-11)16-4-5-20-17(23-16)14-7-21-15-3-2-12(19)9-25(14)15/h2-5,7,9,11,13,22H,6,8,10H2,1H3,(H,26,27)/t11-,13-/m1/s1. The Hall–Kier alpha value is -2.87. The van der Waals surface area contributed by atoms with E-state index in [2.05, 4.69) is 27.1 Å². The maximum absolute atomic E-state index is 11.0. The highest BCUT2D eigenvalue weighted by Crippen LogP contribution is 2.25. The van der Waals surface area contributed by atoms with Crippen LogP contribution in [-0.2, 0) is 0 Å². The molecule has 1 aliphatic heterocycles. The first-order valence-corrected chi connectivity index (χ1v) is 9.08. The first-order chi connectivity index (χ1) is 13.0. The summed E-state index contributed by atoms with van der Waals surface area (Å²) in [5, 5.41) is 12.2. The number of amides is 1. The van der Waals surface area contributed by atoms with E-state index in [0.717, 1.165) is 30.1 Å². The van der Waals surface area contributed by atoms with Crippen LogP contribution in [0.25, 0.3) is 17.2 Å². The lowest BCUT2D eigenvalue weighted by molar-refractivity contribution is 0.186. The number of anilines is 1. The molecular formula is C18H19ClN6O2. The SMILES string of the molecule is C[C@@H]1C[C@@H](NC(=O)O)CN(c2ccnc(-c3cnc4ccc(Cl)cn34)n2)C1. The van der Waals surface area contributed by atoms with Gasteiger partial charge in [-0.25, -0.2) is 19.7 Å². The molecular weight excluding hydrogens is 368 g/mol. The van der Waals surface area contributed by atoms with Gasteiger partial charge in [-0.2, -0.15) is 0 Å². The fourth-order valence-electron chi connectivity index (χ4n) is 3.59. The van der Waals surface area contributed by atoms with Gasteiger partial charge in [0, 0.05) is 25.5 Å². The molecule has 3 aromatic heterocycles. The number of carboxylic acid groups (broad SMARTS) is 1. The molecule has 0 radical (unpaired) electrons. The number of fused-ring (bicyclic) bond motifs is 1. The quantitative estimate of drug-likeness (QED) is 0.718. The minimum absolute atomic E-state index is 0.126. The smallest absolute Gasteiger partial charge is 0.404 e. The molecule has 4 heterocycles. The molecule has 2 atom stereocenters. The van der Waals surface area contributed by atoms with Gasteiger partial charge in [0.2, 0.25) is 0 Å². The zero-order valence-electron chi connectivity index (χ0n) is 14.7. The molecule has 0 spiro atoms. The number of piperidine rings is 1. The van der Waals surface area contributed by atoms with E-state index in [9.17, 15) is 4.79 Å². The van der Waals surface area contributed by atoms with Crippen LogP contribution in [-0.4, -0.2) is 49.7 Å². The van der Waals surface area contributed by atoms with Crippen LogP contribution in [0.15, 0.2) is 36.8 Å². The number of imidazole rings is 1. The molecule has 2 N–H and O–H groups in total. The van der Waals surface area contributed by atoms with Crippen LogP contribution in [0.1, 0.15) is 13.3 Å². The highest BCUT2D eigenvalue weighted by atomic mass is 35.5. The number of rotatable bonds is 3. The van der Waals surface area contributed by atoms with E-state index in [0.29, 0.717) is 23.3 Å². The normalized spacial score (nSPS) is 20.0. The van der Waals surface area contributed by atoms with Crippen molar-refractivity contribution in [3.8, 4) is 11.5 Å². The van der Waals surface area contributed by atoms with Crippen molar-refractivity contribution in [2.24, 2.45) is 5.92 Å². The summed E-state index contributed by atoms with van der Waals surface area (Å²) in [7, 11) is 0. The molecule has 27 heavy (non-hydrogen) atoms. The van der Waals surface area contributed by atoms with E-state index in [4.69, 9.17) is 21.7 Å². The number of pyridine rings is 1. The van der Waals surface area contributed by atoms with E-state index in [1.807, 2.05) is 16.5 Å². The summed E-state index contributed by atoms with van der Waals surface area (Å²) in [6, 6.07) is 5.34. The lowest BCUT2D eigenvalue weighted by atomic mass is 9.96. The van der Waals surface area contributed by atoms with Gasteiger partial charge in [-0.15, -0.1) is 0 Å². The molecule has 1 saturated heterocycles. The summed E-state index contributed by atoms with van der Waals surface area (Å²) >= 11 is 6.11. The molecule has 8 nitrogen and oxygen atoms in total. The van der Waals surface area contributed by atoms with Crippen LogP contribution < -0.4 is 10.2 Å². The Balaban J connectivity index is 1.65. The van der Waals surface area contributed by atoms with Crippen molar-refractivity contribution in [3.05, 3.63) is 41.8 Å². The lowest BCUT2D eigenvalue weighted by Crippen LogP contribution is -2.50. The Morgan fingerprint density at radius 3 is 2.96 bits per heavy atom. The van der Waals surface area contributed by atoms with E-state index in [-0.39, 0.29) is 6.04 Å². The Morgan fingerprint density at radius 2 is 2.15 bits per heavy atom. The van der Waals surface area contributed by atoms with Gasteiger partial charge in [-0.3, -0.25) is 4.40 Å². The third kappa shape index (κ3) is 3.66. The summed E-state index contributed by atoms with van der Waals surface area (Å²) in [5.74, 6) is 1.66. The number of nitrogens with zero attached hydrogens (tertiary/aromatic N) is 5. The number of aromatic nitrogens is 4. The summed E-state index contributed by atoms with van der Waals surface area (Å²) in [6.07, 6.45) is 5.02. The molecule has 0 saturated carbocycles. The fourth-order valence-corrected chi connectivity index (χ4v) is 3.75. The van der Waals surface area contributed by atoms with E-state index < -0.39 is 6.09 Å². The van der Waals surface area contributed by atoms with Gasteiger partial charge in [-0.05, 0) is 30.5 Å². The Labute approximate surface area is 160 Å². The lowest BCUT2D eigenvalue weighted by Gasteiger charge is -2.37. The van der Waals surface area contributed by atoms with Gasteiger partial charge in [0.15, 0.2) is 5.82 Å². The molecule has 1 fully saturated rings. The molecule has 0 aromatic carbocycles. The molecule has 3 aromatic rings. The van der Waals surface area contributed by atoms with Gasteiger partial charge in [0.05, 0.1) is 17.3 Å². The summed E-state index contributed by atoms with van der Waals surface area (Å²) < 4.78 is 1.86. The second-order valence-corrected chi connectivity index (χ2v) is 7.29. The summed E-state index contributed by atoms with van der Waals surface area (Å²) in [6.45, 7) is 3.50. The maximum atomic E-state index is 11.0. The predicted molar refractivity (Wildman–Crippen MR) is 102 cm³/mol. The number of hydrogen-bond acceptors (Lipinski definition) is 5. The van der Waals surface area contributed by atoms with Crippen LogP contribution >= 0.6 is 11.6 Å². The minimum atomic E-state index is -1.000. The predicted octanol–water partition coefficient (Wildman–Crippen LogP) is 2.93.